The van der Waals surface area contributed by atoms with Gasteiger partial charge in [-0.1, -0.05) is 35.5 Å². The van der Waals surface area contributed by atoms with E-state index in [0.29, 0.717) is 5.02 Å². The summed E-state index contributed by atoms with van der Waals surface area (Å²) >= 11 is 6.59. The van der Waals surface area contributed by atoms with Crippen LogP contribution in [0, 0.1) is 0 Å². The van der Waals surface area contributed by atoms with Crippen molar-refractivity contribution in [1.29, 1.82) is 0 Å². The first-order valence-electron chi connectivity index (χ1n) is 5.45. The van der Waals surface area contributed by atoms with Crippen molar-refractivity contribution in [2.45, 2.75) is 18.2 Å². The van der Waals surface area contributed by atoms with Crippen molar-refractivity contribution in [2.75, 3.05) is 0 Å². The monoisotopic (exact) mass is 299 g/mol. The highest BCUT2D eigenvalue weighted by Crippen LogP contribution is 2.30. The van der Waals surface area contributed by atoms with Gasteiger partial charge in [0.15, 0.2) is 0 Å². The highest BCUT2D eigenvalue weighted by Gasteiger charge is 2.40. The Morgan fingerprint density at radius 3 is 2.79 bits per heavy atom. The summed E-state index contributed by atoms with van der Waals surface area (Å²) in [6.07, 6.45) is -0.346. The first-order valence-corrected chi connectivity index (χ1v) is 6.71. The zero-order valence-electron chi connectivity index (χ0n) is 9.71. The van der Waals surface area contributed by atoms with Gasteiger partial charge in [0.05, 0.1) is 13.0 Å². The van der Waals surface area contributed by atoms with Gasteiger partial charge in [-0.15, -0.1) is 0 Å². The van der Waals surface area contributed by atoms with Gasteiger partial charge in [-0.2, -0.15) is 0 Å². The average molecular weight is 300 g/mol. The number of thioether (sulfide) groups is 1. The van der Waals surface area contributed by atoms with E-state index in [1.807, 2.05) is 0 Å². The number of imide groups is 1. The number of halogens is 1. The van der Waals surface area contributed by atoms with Crippen LogP contribution in [0.5, 0.6) is 0 Å². The number of carboxylic acids is 1. The van der Waals surface area contributed by atoms with E-state index in [0.717, 1.165) is 22.2 Å². The predicted octanol–water partition coefficient (Wildman–Crippen LogP) is 2.38. The molecule has 1 N–H and O–H groups in total. The molecule has 0 aromatic heterocycles. The molecule has 5 nitrogen and oxygen atoms in total. The minimum absolute atomic E-state index is 0.112. The van der Waals surface area contributed by atoms with Gasteiger partial charge in [-0.3, -0.25) is 19.3 Å². The Bertz CT molecular complexity index is 548. The van der Waals surface area contributed by atoms with Crippen LogP contribution in [0.1, 0.15) is 12.0 Å². The Labute approximate surface area is 118 Å². The summed E-state index contributed by atoms with van der Waals surface area (Å²) in [5.74, 6) is -1.55. The van der Waals surface area contributed by atoms with E-state index in [4.69, 9.17) is 16.7 Å². The molecule has 2 rings (SSSR count). The molecule has 1 fully saturated rings. The molecule has 1 atom stereocenters. The Morgan fingerprint density at radius 2 is 2.16 bits per heavy atom. The summed E-state index contributed by atoms with van der Waals surface area (Å²) in [4.78, 5) is 35.3. The van der Waals surface area contributed by atoms with Crippen LogP contribution in [-0.4, -0.2) is 32.4 Å². The standard InChI is InChI=1S/C12H10ClNO4S/c13-8-3-1-2-7(4-8)6-14-11(17)9(5-10(15)16)19-12(14)18/h1-4,9H,5-6H2,(H,15,16). The van der Waals surface area contributed by atoms with E-state index in [9.17, 15) is 14.4 Å². The molecule has 0 radical (unpaired) electrons. The predicted molar refractivity (Wildman–Crippen MR) is 71.0 cm³/mol. The van der Waals surface area contributed by atoms with E-state index < -0.39 is 22.4 Å². The van der Waals surface area contributed by atoms with Crippen LogP contribution in [0.25, 0.3) is 0 Å². The number of hydrogen-bond donors (Lipinski definition) is 1. The Morgan fingerprint density at radius 1 is 1.42 bits per heavy atom. The molecule has 0 spiro atoms. The first kappa shape index (κ1) is 13.9. The number of amides is 2. The molecule has 0 saturated carbocycles. The molecule has 1 unspecified atom stereocenters. The molecule has 19 heavy (non-hydrogen) atoms. The van der Waals surface area contributed by atoms with Crippen LogP contribution in [0.4, 0.5) is 4.79 Å². The summed E-state index contributed by atoms with van der Waals surface area (Å²) in [7, 11) is 0. The lowest BCUT2D eigenvalue weighted by Crippen LogP contribution is -2.31. The molecule has 1 aliphatic heterocycles. The van der Waals surface area contributed by atoms with E-state index in [1.54, 1.807) is 24.3 Å². The maximum Gasteiger partial charge on any atom is 0.305 e. The van der Waals surface area contributed by atoms with Gasteiger partial charge in [0, 0.05) is 5.02 Å². The lowest BCUT2D eigenvalue weighted by Gasteiger charge is -2.13. The van der Waals surface area contributed by atoms with Crippen molar-refractivity contribution in [3.8, 4) is 0 Å². The van der Waals surface area contributed by atoms with Crippen molar-refractivity contribution in [1.82, 2.24) is 4.90 Å². The van der Waals surface area contributed by atoms with Crippen LogP contribution in [0.2, 0.25) is 5.02 Å². The van der Waals surface area contributed by atoms with Gasteiger partial charge in [0.1, 0.15) is 5.25 Å². The zero-order chi connectivity index (χ0) is 14.0. The number of carbonyl (C=O) groups excluding carboxylic acids is 2. The largest absolute Gasteiger partial charge is 0.481 e. The van der Waals surface area contributed by atoms with Crippen LogP contribution < -0.4 is 0 Å². The van der Waals surface area contributed by atoms with Gasteiger partial charge in [-0.05, 0) is 17.7 Å². The highest BCUT2D eigenvalue weighted by molar-refractivity contribution is 8.15. The summed E-state index contributed by atoms with van der Waals surface area (Å²) in [5.41, 5.74) is 0.728. The molecule has 1 aromatic rings. The molecule has 1 heterocycles. The van der Waals surface area contributed by atoms with Gasteiger partial charge in [0.25, 0.3) is 5.24 Å². The minimum Gasteiger partial charge on any atom is -0.481 e. The van der Waals surface area contributed by atoms with E-state index >= 15 is 0 Å². The molecule has 1 aromatic carbocycles. The van der Waals surface area contributed by atoms with Gasteiger partial charge in [0.2, 0.25) is 5.91 Å². The maximum atomic E-state index is 11.9. The van der Waals surface area contributed by atoms with Crippen molar-refractivity contribution in [2.24, 2.45) is 0 Å². The maximum absolute atomic E-state index is 11.9. The van der Waals surface area contributed by atoms with Gasteiger partial charge >= 0.3 is 5.97 Å². The van der Waals surface area contributed by atoms with Crippen LogP contribution >= 0.6 is 23.4 Å². The van der Waals surface area contributed by atoms with Gasteiger partial charge < -0.3 is 5.11 Å². The number of nitrogens with zero attached hydrogens (tertiary/aromatic N) is 1. The summed E-state index contributed by atoms with van der Waals surface area (Å²) < 4.78 is 0. The van der Waals surface area contributed by atoms with Gasteiger partial charge in [-0.25, -0.2) is 0 Å². The normalized spacial score (nSPS) is 19.0. The fourth-order valence-electron chi connectivity index (χ4n) is 1.75. The van der Waals surface area contributed by atoms with Crippen LogP contribution in [0.3, 0.4) is 0 Å². The molecule has 2 amide bonds. The zero-order valence-corrected chi connectivity index (χ0v) is 11.3. The second-order valence-electron chi connectivity index (χ2n) is 4.02. The number of rotatable bonds is 4. The molecular weight excluding hydrogens is 290 g/mol. The topological polar surface area (TPSA) is 74.7 Å². The van der Waals surface area contributed by atoms with Crippen LogP contribution in [0.15, 0.2) is 24.3 Å². The van der Waals surface area contributed by atoms with Crippen molar-refractivity contribution < 1.29 is 19.5 Å². The lowest BCUT2D eigenvalue weighted by atomic mass is 10.2. The molecule has 0 aliphatic carbocycles. The van der Waals surface area contributed by atoms with Crippen LogP contribution in [-0.2, 0) is 16.1 Å². The third-order valence-electron chi connectivity index (χ3n) is 2.59. The number of benzene rings is 1. The number of hydrogen-bond acceptors (Lipinski definition) is 4. The number of carbonyl (C=O) groups is 3. The Hall–Kier alpha value is -1.53. The van der Waals surface area contributed by atoms with Crippen molar-refractivity contribution in [3.63, 3.8) is 0 Å². The minimum atomic E-state index is -1.09. The molecule has 1 saturated heterocycles. The molecular formula is C12H10ClNO4S. The first-order chi connectivity index (χ1) is 8.97. The third kappa shape index (κ3) is 3.27. The lowest BCUT2D eigenvalue weighted by molar-refractivity contribution is -0.139. The fraction of sp³-hybridized carbons (Fsp3) is 0.250. The smallest absolute Gasteiger partial charge is 0.305 e. The second-order valence-corrected chi connectivity index (χ2v) is 5.61. The van der Waals surface area contributed by atoms with E-state index in [2.05, 4.69) is 0 Å². The Balaban J connectivity index is 2.10. The summed E-state index contributed by atoms with van der Waals surface area (Å²) in [6.45, 7) is 0.112. The number of aliphatic carboxylic acids is 1. The molecule has 7 heteroatoms. The van der Waals surface area contributed by atoms with E-state index in [1.165, 1.54) is 0 Å². The average Bonchev–Trinajstić information content (AvgIpc) is 2.56. The fourth-order valence-corrected chi connectivity index (χ4v) is 2.94. The van der Waals surface area contributed by atoms with E-state index in [-0.39, 0.29) is 13.0 Å². The molecule has 100 valence electrons. The highest BCUT2D eigenvalue weighted by atomic mass is 35.5. The SMILES string of the molecule is O=C(O)CC1SC(=O)N(Cc2cccc(Cl)c2)C1=O. The summed E-state index contributed by atoms with van der Waals surface area (Å²) in [6, 6.07) is 6.84. The molecule has 1 aliphatic rings. The quantitative estimate of drug-likeness (QED) is 0.924. The number of carboxylic acid groups (broad SMARTS) is 1. The summed E-state index contributed by atoms with van der Waals surface area (Å²) in [5, 5.41) is 7.95. The van der Waals surface area contributed by atoms with Crippen molar-refractivity contribution >= 4 is 40.5 Å². The van der Waals surface area contributed by atoms with Crippen molar-refractivity contribution in [3.05, 3.63) is 34.9 Å². The third-order valence-corrected chi connectivity index (χ3v) is 3.90. The second kappa shape index (κ2) is 5.63. The Kier molecular flexibility index (Phi) is 4.11. The molecule has 0 bridgehead atoms.